The van der Waals surface area contributed by atoms with Gasteiger partial charge in [-0.2, -0.15) is 0 Å². The third kappa shape index (κ3) is 3.70. The van der Waals surface area contributed by atoms with E-state index in [1.807, 2.05) is 0 Å². The van der Waals surface area contributed by atoms with E-state index in [-0.39, 0.29) is 5.41 Å². The van der Waals surface area contributed by atoms with Crippen LogP contribution in [0.4, 0.5) is 0 Å². The highest BCUT2D eigenvalue weighted by atomic mass is 79.9. The van der Waals surface area contributed by atoms with Gasteiger partial charge in [0.1, 0.15) is 0 Å². The Kier molecular flexibility index (Phi) is 5.66. The zero-order valence-corrected chi connectivity index (χ0v) is 17.5. The van der Waals surface area contributed by atoms with E-state index in [2.05, 4.69) is 106 Å². The summed E-state index contributed by atoms with van der Waals surface area (Å²) in [4.78, 5) is 1.01. The first-order chi connectivity index (χ1) is 11.5. The number of alkyl halides is 2. The van der Waals surface area contributed by atoms with Gasteiger partial charge in [0.05, 0.1) is 0 Å². The summed E-state index contributed by atoms with van der Waals surface area (Å²) in [6.07, 6.45) is 5.86. The Morgan fingerprint density at radius 3 is 2.08 bits per heavy atom. The number of fused-ring (bicyclic) bond motifs is 1. The van der Waals surface area contributed by atoms with Crippen molar-refractivity contribution in [1.82, 2.24) is 0 Å². The van der Waals surface area contributed by atoms with E-state index in [0.717, 1.165) is 19.3 Å². The van der Waals surface area contributed by atoms with E-state index < -0.39 is 0 Å². The summed E-state index contributed by atoms with van der Waals surface area (Å²) in [6, 6.07) is 19.8. The van der Waals surface area contributed by atoms with Crippen molar-refractivity contribution in [3.63, 3.8) is 0 Å². The van der Waals surface area contributed by atoms with Gasteiger partial charge in [-0.3, -0.25) is 0 Å². The fourth-order valence-corrected chi connectivity index (χ4v) is 5.38. The molecule has 24 heavy (non-hydrogen) atoms. The molecule has 0 aromatic heterocycles. The van der Waals surface area contributed by atoms with E-state index in [0.29, 0.717) is 9.65 Å². The minimum absolute atomic E-state index is 0.195. The Labute approximate surface area is 162 Å². The van der Waals surface area contributed by atoms with Gasteiger partial charge < -0.3 is 0 Å². The van der Waals surface area contributed by atoms with Crippen molar-refractivity contribution in [1.29, 1.82) is 0 Å². The van der Waals surface area contributed by atoms with Crippen molar-refractivity contribution in [3.8, 4) is 0 Å². The van der Waals surface area contributed by atoms with Crippen molar-refractivity contribution in [3.05, 3.63) is 77.4 Å². The molecule has 0 radical (unpaired) electrons. The summed E-state index contributed by atoms with van der Waals surface area (Å²) in [7, 11) is 0. The molecule has 2 aromatic carbocycles. The van der Waals surface area contributed by atoms with Crippen LogP contribution < -0.4 is 0 Å². The Bertz CT molecular complexity index is 704. The van der Waals surface area contributed by atoms with Gasteiger partial charge in [-0.1, -0.05) is 106 Å². The van der Waals surface area contributed by atoms with Crippen LogP contribution in [0.25, 0.3) is 5.57 Å². The molecular formula is C22H24Br2. The fourth-order valence-electron chi connectivity index (χ4n) is 4.14. The first kappa shape index (κ1) is 17.9. The molecule has 0 fully saturated rings. The first-order valence-electron chi connectivity index (χ1n) is 8.65. The van der Waals surface area contributed by atoms with Crippen LogP contribution in [0.5, 0.6) is 0 Å². The van der Waals surface area contributed by atoms with Crippen LogP contribution in [0.15, 0.2) is 60.7 Å². The summed E-state index contributed by atoms with van der Waals surface area (Å²) in [6.45, 7) is 4.53. The molecule has 0 saturated heterocycles. The van der Waals surface area contributed by atoms with Gasteiger partial charge in [-0.25, -0.2) is 0 Å². The lowest BCUT2D eigenvalue weighted by atomic mass is 9.65. The normalized spacial score (nSPS) is 22.4. The zero-order valence-electron chi connectivity index (χ0n) is 14.3. The molecule has 1 aliphatic rings. The lowest BCUT2D eigenvalue weighted by Crippen LogP contribution is -2.34. The number of hydrogen-bond acceptors (Lipinski definition) is 0. The van der Waals surface area contributed by atoms with Crippen LogP contribution in [0.2, 0.25) is 0 Å². The van der Waals surface area contributed by atoms with Crippen LogP contribution in [-0.4, -0.2) is 9.65 Å². The van der Waals surface area contributed by atoms with Crippen LogP contribution in [-0.2, 0) is 5.41 Å². The minimum Gasteiger partial charge on any atom is -0.0893 e. The summed E-state index contributed by atoms with van der Waals surface area (Å²) in [5.74, 6) is 0. The van der Waals surface area contributed by atoms with Crippen molar-refractivity contribution in [2.75, 3.05) is 0 Å². The molecule has 2 unspecified atom stereocenters. The fraction of sp³-hybridized carbons (Fsp3) is 0.364. The Morgan fingerprint density at radius 1 is 0.875 bits per heavy atom. The molecule has 0 aliphatic heterocycles. The van der Waals surface area contributed by atoms with Crippen molar-refractivity contribution < 1.29 is 0 Å². The van der Waals surface area contributed by atoms with Gasteiger partial charge in [0.15, 0.2) is 0 Å². The topological polar surface area (TPSA) is 0 Å². The molecule has 0 amide bonds. The Balaban J connectivity index is 2.12. The number of benzene rings is 2. The second-order valence-electron chi connectivity index (χ2n) is 6.98. The third-order valence-electron chi connectivity index (χ3n) is 4.91. The number of rotatable bonds is 5. The molecule has 1 aliphatic carbocycles. The molecule has 0 bridgehead atoms. The molecule has 2 heteroatoms. The second kappa shape index (κ2) is 7.58. The molecule has 0 N–H and O–H groups in total. The van der Waals surface area contributed by atoms with Crippen LogP contribution in [0.1, 0.15) is 49.8 Å². The quantitative estimate of drug-likeness (QED) is 0.428. The average molecular weight is 448 g/mol. The predicted molar refractivity (Wildman–Crippen MR) is 112 cm³/mol. The largest absolute Gasteiger partial charge is 0.0893 e. The number of halogens is 2. The molecular weight excluding hydrogens is 424 g/mol. The molecule has 126 valence electrons. The maximum Gasteiger partial charge on any atom is 0.0126 e. The second-order valence-corrected chi connectivity index (χ2v) is 10.1. The van der Waals surface area contributed by atoms with E-state index in [1.165, 1.54) is 22.3 Å². The van der Waals surface area contributed by atoms with Crippen molar-refractivity contribution in [2.24, 2.45) is 0 Å². The standard InChI is InChI=1S/C22H24Br2/c1-16(23)14-22(15-17(2)24)13-12-19(18-8-4-3-5-9-18)20-10-6-7-11-21(20)22/h3-12,16-17H,13-15H2,1-2H3. The SMILES string of the molecule is CC(Br)CC1(CC(C)Br)CC=C(c2ccccc2)c2ccccc21. The van der Waals surface area contributed by atoms with Crippen molar-refractivity contribution in [2.45, 2.75) is 48.2 Å². The highest BCUT2D eigenvalue weighted by Crippen LogP contribution is 2.48. The lowest BCUT2D eigenvalue weighted by Gasteiger charge is -2.41. The van der Waals surface area contributed by atoms with Gasteiger partial charge in [0.25, 0.3) is 0 Å². The molecule has 2 atom stereocenters. The van der Waals surface area contributed by atoms with E-state index in [1.54, 1.807) is 0 Å². The zero-order chi connectivity index (χ0) is 17.2. The maximum absolute atomic E-state index is 3.81. The Hall–Kier alpha value is -0.860. The molecule has 0 nitrogen and oxygen atoms in total. The molecule has 0 saturated carbocycles. The van der Waals surface area contributed by atoms with E-state index >= 15 is 0 Å². The minimum atomic E-state index is 0.195. The van der Waals surface area contributed by atoms with Gasteiger partial charge in [0, 0.05) is 15.1 Å². The van der Waals surface area contributed by atoms with Gasteiger partial charge in [0.2, 0.25) is 0 Å². The van der Waals surface area contributed by atoms with Crippen LogP contribution >= 0.6 is 31.9 Å². The third-order valence-corrected chi connectivity index (χ3v) is 5.56. The lowest BCUT2D eigenvalue weighted by molar-refractivity contribution is 0.367. The monoisotopic (exact) mass is 446 g/mol. The number of hydrogen-bond donors (Lipinski definition) is 0. The molecule has 0 heterocycles. The summed E-state index contributed by atoms with van der Waals surface area (Å²) >= 11 is 7.62. The van der Waals surface area contributed by atoms with Gasteiger partial charge in [-0.05, 0) is 41.5 Å². The maximum atomic E-state index is 3.81. The van der Waals surface area contributed by atoms with Crippen LogP contribution in [0.3, 0.4) is 0 Å². The Morgan fingerprint density at radius 2 is 1.46 bits per heavy atom. The van der Waals surface area contributed by atoms with Gasteiger partial charge >= 0.3 is 0 Å². The van der Waals surface area contributed by atoms with Crippen LogP contribution in [0, 0.1) is 0 Å². The summed E-state index contributed by atoms with van der Waals surface area (Å²) in [5, 5.41) is 0. The highest BCUT2D eigenvalue weighted by molar-refractivity contribution is 9.09. The van der Waals surface area contributed by atoms with Crippen molar-refractivity contribution >= 4 is 37.4 Å². The molecule has 0 spiro atoms. The van der Waals surface area contributed by atoms with Gasteiger partial charge in [-0.15, -0.1) is 0 Å². The van der Waals surface area contributed by atoms with E-state index in [9.17, 15) is 0 Å². The summed E-state index contributed by atoms with van der Waals surface area (Å²) in [5.41, 5.74) is 5.80. The number of allylic oxidation sites excluding steroid dienone is 1. The smallest absolute Gasteiger partial charge is 0.0126 e. The first-order valence-corrected chi connectivity index (χ1v) is 10.5. The predicted octanol–water partition coefficient (Wildman–Crippen LogP) is 7.11. The summed E-state index contributed by atoms with van der Waals surface area (Å²) < 4.78 is 0. The molecule has 2 aromatic rings. The average Bonchev–Trinajstić information content (AvgIpc) is 2.55. The van der Waals surface area contributed by atoms with E-state index in [4.69, 9.17) is 0 Å². The highest BCUT2D eigenvalue weighted by Gasteiger charge is 2.38. The molecule has 3 rings (SSSR count).